The summed E-state index contributed by atoms with van der Waals surface area (Å²) >= 11 is 6.14. The standard InChI is InChI=1S/C15H21ClN2O3/c1-17-9-12-13(16)3-2-4-14(12)21-10-15(19)18-11-5-7-20-8-6-11/h2-4,11,17H,5-10H2,1H3,(H,18,19). The maximum absolute atomic E-state index is 11.9. The first-order chi connectivity index (χ1) is 10.2. The molecule has 0 saturated carbocycles. The molecule has 1 aliphatic rings. The van der Waals surface area contributed by atoms with Gasteiger partial charge in [0.2, 0.25) is 0 Å². The van der Waals surface area contributed by atoms with Gasteiger partial charge in [-0.15, -0.1) is 0 Å². The zero-order valence-corrected chi connectivity index (χ0v) is 12.9. The number of rotatable bonds is 6. The monoisotopic (exact) mass is 312 g/mol. The first kappa shape index (κ1) is 16.1. The van der Waals surface area contributed by atoms with E-state index in [-0.39, 0.29) is 18.6 Å². The van der Waals surface area contributed by atoms with Crippen molar-refractivity contribution in [3.8, 4) is 5.75 Å². The molecule has 1 saturated heterocycles. The van der Waals surface area contributed by atoms with Gasteiger partial charge >= 0.3 is 0 Å². The molecule has 5 nitrogen and oxygen atoms in total. The number of carbonyl (C=O) groups is 1. The Kier molecular flexibility index (Phi) is 6.29. The number of hydrogen-bond acceptors (Lipinski definition) is 4. The summed E-state index contributed by atoms with van der Waals surface area (Å²) < 4.78 is 10.9. The van der Waals surface area contributed by atoms with Crippen molar-refractivity contribution in [1.29, 1.82) is 0 Å². The van der Waals surface area contributed by atoms with E-state index >= 15 is 0 Å². The van der Waals surface area contributed by atoms with E-state index in [0.717, 1.165) is 18.4 Å². The van der Waals surface area contributed by atoms with Crippen molar-refractivity contribution in [1.82, 2.24) is 10.6 Å². The zero-order chi connectivity index (χ0) is 15.1. The van der Waals surface area contributed by atoms with Gasteiger partial charge in [0.25, 0.3) is 5.91 Å². The Morgan fingerprint density at radius 2 is 2.19 bits per heavy atom. The summed E-state index contributed by atoms with van der Waals surface area (Å²) in [6.07, 6.45) is 1.71. The van der Waals surface area contributed by atoms with Crippen LogP contribution in [0, 0.1) is 0 Å². The molecular weight excluding hydrogens is 292 g/mol. The largest absolute Gasteiger partial charge is 0.483 e. The summed E-state index contributed by atoms with van der Waals surface area (Å²) in [6.45, 7) is 1.99. The Morgan fingerprint density at radius 3 is 2.90 bits per heavy atom. The highest BCUT2D eigenvalue weighted by molar-refractivity contribution is 6.31. The average Bonchev–Trinajstić information content (AvgIpc) is 2.49. The van der Waals surface area contributed by atoms with Gasteiger partial charge < -0.3 is 20.1 Å². The van der Waals surface area contributed by atoms with E-state index in [2.05, 4.69) is 10.6 Å². The smallest absolute Gasteiger partial charge is 0.258 e. The van der Waals surface area contributed by atoms with Crippen LogP contribution in [0.1, 0.15) is 18.4 Å². The third-order valence-electron chi connectivity index (χ3n) is 3.37. The summed E-state index contributed by atoms with van der Waals surface area (Å²) in [5.41, 5.74) is 0.862. The highest BCUT2D eigenvalue weighted by atomic mass is 35.5. The quantitative estimate of drug-likeness (QED) is 0.840. The normalized spacial score (nSPS) is 15.7. The SMILES string of the molecule is CNCc1c(Cl)cccc1OCC(=O)NC1CCOCC1. The number of hydrogen-bond donors (Lipinski definition) is 2. The van der Waals surface area contributed by atoms with Crippen LogP contribution in [-0.2, 0) is 16.1 Å². The number of amides is 1. The lowest BCUT2D eigenvalue weighted by Crippen LogP contribution is -2.41. The van der Waals surface area contributed by atoms with Gasteiger partial charge in [-0.05, 0) is 32.0 Å². The third-order valence-corrected chi connectivity index (χ3v) is 3.73. The summed E-state index contributed by atoms with van der Waals surface area (Å²) in [7, 11) is 1.84. The van der Waals surface area contributed by atoms with Crippen molar-refractivity contribution < 1.29 is 14.3 Å². The topological polar surface area (TPSA) is 59.6 Å². The molecule has 2 N–H and O–H groups in total. The molecular formula is C15H21ClN2O3. The molecule has 1 amide bonds. The van der Waals surface area contributed by atoms with E-state index in [4.69, 9.17) is 21.1 Å². The minimum Gasteiger partial charge on any atom is -0.483 e. The molecule has 116 valence electrons. The third kappa shape index (κ3) is 4.88. The van der Waals surface area contributed by atoms with Gasteiger partial charge in [0.15, 0.2) is 6.61 Å². The summed E-state index contributed by atoms with van der Waals surface area (Å²) in [5.74, 6) is 0.524. The van der Waals surface area contributed by atoms with Gasteiger partial charge in [-0.3, -0.25) is 4.79 Å². The average molecular weight is 313 g/mol. The molecule has 0 unspecified atom stereocenters. The number of carbonyl (C=O) groups excluding carboxylic acids is 1. The van der Waals surface area contributed by atoms with Gasteiger partial charge in [0.05, 0.1) is 0 Å². The fraction of sp³-hybridized carbons (Fsp3) is 0.533. The van der Waals surface area contributed by atoms with Crippen LogP contribution in [0.5, 0.6) is 5.75 Å². The summed E-state index contributed by atoms with van der Waals surface area (Å²) in [5, 5.41) is 6.63. The number of nitrogens with one attached hydrogen (secondary N) is 2. The van der Waals surface area contributed by atoms with E-state index < -0.39 is 0 Å². The second kappa shape index (κ2) is 8.22. The Morgan fingerprint density at radius 1 is 1.43 bits per heavy atom. The van der Waals surface area contributed by atoms with Gasteiger partial charge in [-0.2, -0.15) is 0 Å². The van der Waals surface area contributed by atoms with Gasteiger partial charge in [0, 0.05) is 36.4 Å². The molecule has 1 aromatic carbocycles. The van der Waals surface area contributed by atoms with E-state index in [1.54, 1.807) is 0 Å². The predicted octanol–water partition coefficient (Wildman–Crippen LogP) is 1.73. The Bertz CT molecular complexity index is 476. The van der Waals surface area contributed by atoms with Crippen LogP contribution in [-0.4, -0.2) is 38.8 Å². The van der Waals surface area contributed by atoms with Crippen molar-refractivity contribution in [2.45, 2.75) is 25.4 Å². The van der Waals surface area contributed by atoms with Crippen LogP contribution in [0.15, 0.2) is 18.2 Å². The van der Waals surface area contributed by atoms with E-state index in [1.807, 2.05) is 25.2 Å². The van der Waals surface area contributed by atoms with Crippen molar-refractivity contribution in [2.75, 3.05) is 26.9 Å². The van der Waals surface area contributed by atoms with Crippen molar-refractivity contribution >= 4 is 17.5 Å². The van der Waals surface area contributed by atoms with Gasteiger partial charge in [0.1, 0.15) is 5.75 Å². The lowest BCUT2D eigenvalue weighted by molar-refractivity contribution is -0.124. The molecule has 6 heteroatoms. The van der Waals surface area contributed by atoms with E-state index in [1.165, 1.54) is 0 Å². The van der Waals surface area contributed by atoms with E-state index in [0.29, 0.717) is 30.5 Å². The minimum absolute atomic E-state index is 0.00554. The fourth-order valence-electron chi connectivity index (χ4n) is 2.28. The first-order valence-electron chi connectivity index (χ1n) is 7.12. The molecule has 2 rings (SSSR count). The van der Waals surface area contributed by atoms with Gasteiger partial charge in [-0.1, -0.05) is 17.7 Å². The predicted molar refractivity (Wildman–Crippen MR) is 81.7 cm³/mol. The van der Waals surface area contributed by atoms with E-state index in [9.17, 15) is 4.79 Å². The fourth-order valence-corrected chi connectivity index (χ4v) is 2.51. The van der Waals surface area contributed by atoms with Crippen molar-refractivity contribution in [3.63, 3.8) is 0 Å². The molecule has 0 aliphatic carbocycles. The molecule has 0 bridgehead atoms. The Labute approximate surface area is 130 Å². The zero-order valence-electron chi connectivity index (χ0n) is 12.2. The lowest BCUT2D eigenvalue weighted by Gasteiger charge is -2.23. The summed E-state index contributed by atoms with van der Waals surface area (Å²) in [4.78, 5) is 11.9. The minimum atomic E-state index is -0.114. The van der Waals surface area contributed by atoms with Crippen molar-refractivity contribution in [2.24, 2.45) is 0 Å². The number of ether oxygens (including phenoxy) is 2. The number of halogens is 1. The van der Waals surface area contributed by atoms with Crippen LogP contribution in [0.3, 0.4) is 0 Å². The highest BCUT2D eigenvalue weighted by Gasteiger charge is 2.16. The molecule has 0 radical (unpaired) electrons. The second-order valence-corrected chi connectivity index (χ2v) is 5.40. The van der Waals surface area contributed by atoms with Crippen LogP contribution in [0.2, 0.25) is 5.02 Å². The molecule has 1 aliphatic heterocycles. The number of benzene rings is 1. The highest BCUT2D eigenvalue weighted by Crippen LogP contribution is 2.26. The van der Waals surface area contributed by atoms with Crippen LogP contribution in [0.4, 0.5) is 0 Å². The molecule has 0 aromatic heterocycles. The Balaban J connectivity index is 1.87. The molecule has 1 aromatic rings. The molecule has 1 heterocycles. The molecule has 1 fully saturated rings. The molecule has 0 atom stereocenters. The summed E-state index contributed by atoms with van der Waals surface area (Å²) in [6, 6.07) is 5.63. The van der Waals surface area contributed by atoms with Crippen LogP contribution >= 0.6 is 11.6 Å². The van der Waals surface area contributed by atoms with Crippen LogP contribution in [0.25, 0.3) is 0 Å². The van der Waals surface area contributed by atoms with Crippen molar-refractivity contribution in [3.05, 3.63) is 28.8 Å². The maximum Gasteiger partial charge on any atom is 0.258 e. The first-order valence-corrected chi connectivity index (χ1v) is 7.50. The second-order valence-electron chi connectivity index (χ2n) is 4.99. The van der Waals surface area contributed by atoms with Gasteiger partial charge in [-0.25, -0.2) is 0 Å². The maximum atomic E-state index is 11.9. The Hall–Kier alpha value is -1.30. The molecule has 0 spiro atoms. The van der Waals surface area contributed by atoms with Crippen LogP contribution < -0.4 is 15.4 Å². The lowest BCUT2D eigenvalue weighted by atomic mass is 10.1. The molecule has 21 heavy (non-hydrogen) atoms.